The summed E-state index contributed by atoms with van der Waals surface area (Å²) in [6.07, 6.45) is 5.81. The van der Waals surface area contributed by atoms with E-state index in [1.54, 1.807) is 17.0 Å². The summed E-state index contributed by atoms with van der Waals surface area (Å²) in [5.41, 5.74) is 16.5. The van der Waals surface area contributed by atoms with Crippen molar-refractivity contribution in [3.05, 3.63) is 88.6 Å². The number of hydrogen-bond donors (Lipinski definition) is 4. The summed E-state index contributed by atoms with van der Waals surface area (Å²) in [5, 5.41) is 6.36. The first-order chi connectivity index (χ1) is 21.4. The highest BCUT2D eigenvalue weighted by Crippen LogP contribution is 2.37. The van der Waals surface area contributed by atoms with Gasteiger partial charge in [0.2, 0.25) is 0 Å². The summed E-state index contributed by atoms with van der Waals surface area (Å²) in [5.74, 6) is 6.76. The van der Waals surface area contributed by atoms with Gasteiger partial charge < -0.3 is 15.8 Å². The fourth-order valence-corrected chi connectivity index (χ4v) is 4.75. The molecule has 2 aromatic carbocycles. The maximum atomic E-state index is 14.3. The molecule has 4 rings (SSSR count). The molecule has 1 aliphatic carbocycles. The second kappa shape index (κ2) is 14.9. The number of carbonyl (C=O) groups excluding carboxylic acids is 2. The van der Waals surface area contributed by atoms with E-state index in [0.29, 0.717) is 41.6 Å². The number of benzene rings is 2. The van der Waals surface area contributed by atoms with Crippen molar-refractivity contribution in [1.29, 1.82) is 0 Å². The summed E-state index contributed by atoms with van der Waals surface area (Å²) in [7, 11) is 0. The molecule has 10 heteroatoms. The molecule has 0 aromatic heterocycles. The summed E-state index contributed by atoms with van der Waals surface area (Å²) < 4.78 is 6.00. The van der Waals surface area contributed by atoms with Gasteiger partial charge in [-0.05, 0) is 84.6 Å². The summed E-state index contributed by atoms with van der Waals surface area (Å²) in [6.45, 7) is 11.4. The van der Waals surface area contributed by atoms with Gasteiger partial charge >= 0.3 is 0 Å². The van der Waals surface area contributed by atoms with Gasteiger partial charge in [0, 0.05) is 11.1 Å². The van der Waals surface area contributed by atoms with Gasteiger partial charge in [0.25, 0.3) is 11.8 Å². The van der Waals surface area contributed by atoms with Crippen molar-refractivity contribution in [3.63, 3.8) is 0 Å². The van der Waals surface area contributed by atoms with Gasteiger partial charge in [0.05, 0.1) is 19.2 Å². The van der Waals surface area contributed by atoms with Crippen LogP contribution in [0.25, 0.3) is 0 Å². The van der Waals surface area contributed by atoms with Gasteiger partial charge in [-0.1, -0.05) is 64.6 Å². The predicted molar refractivity (Wildman–Crippen MR) is 177 cm³/mol. The number of ether oxygens (including phenoxy) is 1. The van der Waals surface area contributed by atoms with Crippen LogP contribution in [0.3, 0.4) is 0 Å². The van der Waals surface area contributed by atoms with Crippen molar-refractivity contribution in [1.82, 2.24) is 15.8 Å². The van der Waals surface area contributed by atoms with Crippen molar-refractivity contribution in [2.45, 2.75) is 66.3 Å². The lowest BCUT2D eigenvalue weighted by Gasteiger charge is -2.30. The van der Waals surface area contributed by atoms with E-state index in [-0.39, 0.29) is 41.6 Å². The smallest absolute Gasteiger partial charge is 0.279 e. The molecule has 2 aromatic rings. The molecule has 0 bridgehead atoms. The third kappa shape index (κ3) is 9.68. The number of amidine groups is 1. The molecule has 1 aliphatic heterocycles. The molecule has 0 spiro atoms. The van der Waals surface area contributed by atoms with Gasteiger partial charge in [-0.25, -0.2) is 16.4 Å². The Morgan fingerprint density at radius 1 is 1.20 bits per heavy atom. The Bertz CT molecular complexity index is 1540. The van der Waals surface area contributed by atoms with Crippen molar-refractivity contribution in [3.8, 4) is 5.75 Å². The van der Waals surface area contributed by atoms with E-state index in [1.165, 1.54) is 12.8 Å². The molecular formula is C35H45N7O3. The second-order valence-electron chi connectivity index (χ2n) is 13.1. The first kappa shape index (κ1) is 33.3. The van der Waals surface area contributed by atoms with Crippen LogP contribution in [0, 0.1) is 17.3 Å². The SMILES string of the molecule is CC(C)C=C=C=C1N=C(c2cccc(OCC3CC3)c2)C(=O)N1[C@H](CCC(C)(C)C)c1ccc(C(=O)NC/C(N)=N/NN)cc1. The van der Waals surface area contributed by atoms with E-state index in [4.69, 9.17) is 21.3 Å². The van der Waals surface area contributed by atoms with Crippen LogP contribution in [0.1, 0.15) is 87.8 Å². The fraction of sp³-hybridized carbons (Fsp3) is 0.429. The molecule has 1 atom stereocenters. The van der Waals surface area contributed by atoms with Crippen LogP contribution in [0.5, 0.6) is 5.75 Å². The van der Waals surface area contributed by atoms with Crippen LogP contribution in [-0.4, -0.2) is 41.4 Å². The zero-order chi connectivity index (χ0) is 32.6. The minimum absolute atomic E-state index is 0.0227. The molecular weight excluding hydrogens is 566 g/mol. The second-order valence-corrected chi connectivity index (χ2v) is 13.1. The average Bonchev–Trinajstić information content (AvgIpc) is 3.78. The number of rotatable bonds is 13. The first-order valence-corrected chi connectivity index (χ1v) is 15.5. The Labute approximate surface area is 266 Å². The molecule has 6 N–H and O–H groups in total. The van der Waals surface area contributed by atoms with Crippen LogP contribution in [-0.2, 0) is 4.79 Å². The van der Waals surface area contributed by atoms with Gasteiger partial charge in [-0.2, -0.15) is 5.10 Å². The molecule has 0 saturated heterocycles. The van der Waals surface area contributed by atoms with Crippen LogP contribution < -0.4 is 27.2 Å². The zero-order valence-electron chi connectivity index (χ0n) is 26.9. The number of hydrazone groups is 1. The molecule has 0 unspecified atom stereocenters. The topological polar surface area (TPSA) is 147 Å². The molecule has 45 heavy (non-hydrogen) atoms. The predicted octanol–water partition coefficient (Wildman–Crippen LogP) is 4.95. The minimum atomic E-state index is -0.355. The standard InChI is InChI=1S/C35H45N7O3/c1-23(2)8-6-11-31-39-32(27-9-7-10-28(20-27)45-22-24-12-13-24)34(44)42(31)29(18-19-35(3,4)5)25-14-16-26(17-15-25)33(43)38-21-30(36)40-41-37/h7-10,14-17,20,23-24,29,41H,12-13,18-19,21-22,37H2,1-5H3,(H2,36,40)(H,38,43)/t29-/m1/s1. The lowest BCUT2D eigenvalue weighted by molar-refractivity contribution is -0.123. The maximum Gasteiger partial charge on any atom is 0.279 e. The number of amides is 2. The van der Waals surface area contributed by atoms with E-state index in [1.807, 2.05) is 42.5 Å². The monoisotopic (exact) mass is 611 g/mol. The maximum absolute atomic E-state index is 14.3. The normalized spacial score (nSPS) is 15.8. The summed E-state index contributed by atoms with van der Waals surface area (Å²) >= 11 is 0. The quantitative estimate of drug-likeness (QED) is 0.0829. The van der Waals surface area contributed by atoms with Crippen LogP contribution in [0.4, 0.5) is 0 Å². The van der Waals surface area contributed by atoms with Gasteiger partial charge in [-0.15, -0.1) is 0 Å². The van der Waals surface area contributed by atoms with Crippen LogP contribution >= 0.6 is 0 Å². The number of nitrogens with two attached hydrogens (primary N) is 2. The van der Waals surface area contributed by atoms with Crippen LogP contribution in [0.2, 0.25) is 0 Å². The van der Waals surface area contributed by atoms with Gasteiger partial charge in [0.1, 0.15) is 17.3 Å². The van der Waals surface area contributed by atoms with Crippen molar-refractivity contribution in [2.75, 3.05) is 13.2 Å². The van der Waals surface area contributed by atoms with E-state index in [0.717, 1.165) is 17.7 Å². The highest BCUT2D eigenvalue weighted by molar-refractivity contribution is 6.47. The summed E-state index contributed by atoms with van der Waals surface area (Å²) in [4.78, 5) is 33.6. The Morgan fingerprint density at radius 2 is 1.93 bits per heavy atom. The van der Waals surface area contributed by atoms with Crippen molar-refractivity contribution in [2.24, 2.45) is 38.9 Å². The molecule has 2 aliphatic rings. The van der Waals surface area contributed by atoms with E-state index in [2.05, 4.69) is 62.0 Å². The van der Waals surface area contributed by atoms with Gasteiger partial charge in [0.15, 0.2) is 5.82 Å². The zero-order valence-corrected chi connectivity index (χ0v) is 26.9. The molecule has 0 radical (unpaired) electrons. The largest absolute Gasteiger partial charge is 0.493 e. The summed E-state index contributed by atoms with van der Waals surface area (Å²) in [6, 6.07) is 14.4. The molecule has 1 heterocycles. The average molecular weight is 612 g/mol. The lowest BCUT2D eigenvalue weighted by Crippen LogP contribution is -2.35. The highest BCUT2D eigenvalue weighted by Gasteiger charge is 2.38. The number of allylic oxidation sites excluding steroid dienone is 1. The number of aliphatic imine (C=N–C) groups is 1. The lowest BCUT2D eigenvalue weighted by atomic mass is 9.86. The van der Waals surface area contributed by atoms with Gasteiger partial charge in [-0.3, -0.25) is 14.5 Å². The highest BCUT2D eigenvalue weighted by atomic mass is 16.5. The number of nitrogens with one attached hydrogen (secondary N) is 2. The number of hydrazine groups is 1. The Hall–Kier alpha value is -4.62. The molecule has 1 fully saturated rings. The Morgan fingerprint density at radius 3 is 2.58 bits per heavy atom. The molecule has 238 valence electrons. The van der Waals surface area contributed by atoms with E-state index >= 15 is 0 Å². The third-order valence-electron chi connectivity index (χ3n) is 7.43. The molecule has 2 amide bonds. The van der Waals surface area contributed by atoms with Crippen molar-refractivity contribution >= 4 is 23.4 Å². The fourth-order valence-electron chi connectivity index (χ4n) is 4.75. The number of hydrogen-bond acceptors (Lipinski definition) is 7. The van der Waals surface area contributed by atoms with E-state index < -0.39 is 0 Å². The van der Waals surface area contributed by atoms with E-state index in [9.17, 15) is 9.59 Å². The van der Waals surface area contributed by atoms with Crippen molar-refractivity contribution < 1.29 is 14.3 Å². The first-order valence-electron chi connectivity index (χ1n) is 15.5. The molecule has 1 saturated carbocycles. The Balaban J connectivity index is 1.69. The number of carbonyl (C=O) groups is 2. The van der Waals surface area contributed by atoms with Crippen LogP contribution in [0.15, 0.2) is 82.0 Å². The number of nitrogens with zero attached hydrogens (tertiary/aromatic N) is 3. The molecule has 10 nitrogen and oxygen atoms in total. The third-order valence-corrected chi connectivity index (χ3v) is 7.43. The minimum Gasteiger partial charge on any atom is -0.493 e. The Kier molecular flexibility index (Phi) is 11.0.